The normalized spacial score (nSPS) is 12.6. The summed E-state index contributed by atoms with van der Waals surface area (Å²) in [6, 6.07) is 16.8. The van der Waals surface area contributed by atoms with E-state index in [1.54, 1.807) is 36.1 Å². The lowest BCUT2D eigenvalue weighted by atomic mass is 10.0. The van der Waals surface area contributed by atoms with Gasteiger partial charge in [-0.2, -0.15) is 0 Å². The van der Waals surface area contributed by atoms with Gasteiger partial charge >= 0.3 is 5.97 Å². The predicted molar refractivity (Wildman–Crippen MR) is 139 cm³/mol. The highest BCUT2D eigenvalue weighted by molar-refractivity contribution is 5.82. The lowest BCUT2D eigenvalue weighted by molar-refractivity contribution is -0.149. The molecule has 3 aromatic carbocycles. The van der Waals surface area contributed by atoms with Gasteiger partial charge in [-0.05, 0) is 60.6 Å². The lowest BCUT2D eigenvalue weighted by Crippen LogP contribution is -2.36. The molecule has 0 unspecified atom stereocenters. The van der Waals surface area contributed by atoms with Crippen molar-refractivity contribution in [1.29, 1.82) is 0 Å². The van der Waals surface area contributed by atoms with E-state index in [-0.39, 0.29) is 31.4 Å². The molecule has 0 radical (unpaired) electrons. The van der Waals surface area contributed by atoms with Gasteiger partial charge in [-0.25, -0.2) is 8.78 Å². The molecule has 1 aliphatic carbocycles. The molecule has 4 rings (SSSR count). The number of nitrogens with zero attached hydrogens (tertiary/aromatic N) is 1. The highest BCUT2D eigenvalue weighted by Crippen LogP contribution is 2.34. The quantitative estimate of drug-likeness (QED) is 0.276. The van der Waals surface area contributed by atoms with Crippen molar-refractivity contribution in [3.05, 3.63) is 83.4 Å². The second-order valence-electron chi connectivity index (χ2n) is 9.30. The van der Waals surface area contributed by atoms with E-state index in [0.717, 1.165) is 36.1 Å². The number of carbonyl (C=O) groups is 2. The van der Waals surface area contributed by atoms with Crippen LogP contribution in [0.15, 0.2) is 60.7 Å². The zero-order chi connectivity index (χ0) is 27.1. The Kier molecular flexibility index (Phi) is 8.94. The molecule has 0 N–H and O–H groups in total. The molecule has 1 saturated carbocycles. The fourth-order valence-corrected chi connectivity index (χ4v) is 4.15. The van der Waals surface area contributed by atoms with Crippen LogP contribution in [0.3, 0.4) is 0 Å². The maximum absolute atomic E-state index is 13.8. The molecule has 3 aromatic rings. The summed E-state index contributed by atoms with van der Waals surface area (Å²) in [7, 11) is 1.40. The third-order valence-electron chi connectivity index (χ3n) is 6.32. The molecule has 0 spiro atoms. The van der Waals surface area contributed by atoms with Crippen LogP contribution in [0, 0.1) is 17.6 Å². The SMILES string of the molecule is CCOC(=O)CN(Cc1cccc(COc2ccc(-c3cc(F)c(F)cc3OC)cc2)c1)C(=O)CC1CC1. The summed E-state index contributed by atoms with van der Waals surface area (Å²) >= 11 is 0. The largest absolute Gasteiger partial charge is 0.496 e. The number of ether oxygens (including phenoxy) is 3. The van der Waals surface area contributed by atoms with Crippen LogP contribution in [0.4, 0.5) is 8.78 Å². The van der Waals surface area contributed by atoms with Crippen molar-refractivity contribution in [2.75, 3.05) is 20.3 Å². The summed E-state index contributed by atoms with van der Waals surface area (Å²) < 4.78 is 43.5. The Balaban J connectivity index is 1.40. The average molecular weight is 524 g/mol. The number of esters is 1. The summed E-state index contributed by atoms with van der Waals surface area (Å²) in [5.74, 6) is -1.12. The molecule has 200 valence electrons. The fourth-order valence-electron chi connectivity index (χ4n) is 4.15. The van der Waals surface area contributed by atoms with Crippen molar-refractivity contribution in [2.45, 2.75) is 39.3 Å². The number of halogens is 2. The van der Waals surface area contributed by atoms with Crippen molar-refractivity contribution in [3.63, 3.8) is 0 Å². The third-order valence-corrected chi connectivity index (χ3v) is 6.32. The third kappa shape index (κ3) is 7.31. The van der Waals surface area contributed by atoms with E-state index in [9.17, 15) is 18.4 Å². The lowest BCUT2D eigenvalue weighted by Gasteiger charge is -2.22. The molecule has 6 nitrogen and oxygen atoms in total. The molecule has 0 aliphatic heterocycles. The smallest absolute Gasteiger partial charge is 0.325 e. The number of hydrogen-bond acceptors (Lipinski definition) is 5. The zero-order valence-electron chi connectivity index (χ0n) is 21.5. The van der Waals surface area contributed by atoms with Gasteiger partial charge in [-0.15, -0.1) is 0 Å². The molecule has 1 fully saturated rings. The fraction of sp³-hybridized carbons (Fsp3) is 0.333. The van der Waals surface area contributed by atoms with E-state index >= 15 is 0 Å². The second-order valence-corrected chi connectivity index (χ2v) is 9.30. The van der Waals surface area contributed by atoms with Crippen LogP contribution in [0.5, 0.6) is 11.5 Å². The average Bonchev–Trinajstić information content (AvgIpc) is 3.73. The van der Waals surface area contributed by atoms with E-state index in [0.29, 0.717) is 35.8 Å². The van der Waals surface area contributed by atoms with Crippen LogP contribution in [0.25, 0.3) is 11.1 Å². The Labute approximate surface area is 221 Å². The first-order chi connectivity index (χ1) is 18.4. The van der Waals surface area contributed by atoms with Crippen LogP contribution < -0.4 is 9.47 Å². The highest BCUT2D eigenvalue weighted by Gasteiger charge is 2.28. The van der Waals surface area contributed by atoms with Gasteiger partial charge in [0.15, 0.2) is 11.6 Å². The molecule has 0 bridgehead atoms. The number of amides is 1. The number of hydrogen-bond donors (Lipinski definition) is 0. The van der Waals surface area contributed by atoms with Gasteiger partial charge in [0.1, 0.15) is 24.7 Å². The Morgan fingerprint density at radius 1 is 0.974 bits per heavy atom. The first-order valence-corrected chi connectivity index (χ1v) is 12.6. The first-order valence-electron chi connectivity index (χ1n) is 12.6. The van der Waals surface area contributed by atoms with Gasteiger partial charge in [0, 0.05) is 24.6 Å². The Morgan fingerprint density at radius 3 is 2.37 bits per heavy atom. The van der Waals surface area contributed by atoms with Gasteiger partial charge in [-0.3, -0.25) is 9.59 Å². The van der Waals surface area contributed by atoms with Crippen LogP contribution in [0.1, 0.15) is 37.3 Å². The minimum absolute atomic E-state index is 0.0417. The molecular weight excluding hydrogens is 492 g/mol. The number of methoxy groups -OCH3 is 1. The van der Waals surface area contributed by atoms with Gasteiger partial charge in [0.05, 0.1) is 13.7 Å². The Morgan fingerprint density at radius 2 is 1.68 bits per heavy atom. The maximum Gasteiger partial charge on any atom is 0.325 e. The number of rotatable bonds is 12. The van der Waals surface area contributed by atoms with Gasteiger partial charge in [0.25, 0.3) is 0 Å². The summed E-state index contributed by atoms with van der Waals surface area (Å²) in [6.07, 6.45) is 2.57. The molecule has 8 heteroatoms. The molecule has 1 amide bonds. The van der Waals surface area contributed by atoms with E-state index in [1.807, 2.05) is 24.3 Å². The van der Waals surface area contributed by atoms with Gasteiger partial charge in [0.2, 0.25) is 5.91 Å². The summed E-state index contributed by atoms with van der Waals surface area (Å²) in [5.41, 5.74) is 2.89. The molecule has 0 atom stereocenters. The van der Waals surface area contributed by atoms with E-state index in [1.165, 1.54) is 7.11 Å². The van der Waals surface area contributed by atoms with Crippen molar-refractivity contribution < 1.29 is 32.6 Å². The minimum atomic E-state index is -0.968. The minimum Gasteiger partial charge on any atom is -0.496 e. The second kappa shape index (κ2) is 12.5. The Bertz CT molecular complexity index is 1270. The highest BCUT2D eigenvalue weighted by atomic mass is 19.2. The van der Waals surface area contributed by atoms with E-state index in [2.05, 4.69) is 0 Å². The summed E-state index contributed by atoms with van der Waals surface area (Å²) in [4.78, 5) is 26.4. The molecule has 0 saturated heterocycles. The van der Waals surface area contributed by atoms with Gasteiger partial charge in [-0.1, -0.05) is 36.4 Å². The number of benzene rings is 3. The Hall–Kier alpha value is -3.94. The molecule has 38 heavy (non-hydrogen) atoms. The first kappa shape index (κ1) is 27.1. The van der Waals surface area contributed by atoms with Crippen LogP contribution in [0.2, 0.25) is 0 Å². The number of carbonyl (C=O) groups excluding carboxylic acids is 2. The van der Waals surface area contributed by atoms with Crippen molar-refractivity contribution in [3.8, 4) is 22.6 Å². The van der Waals surface area contributed by atoms with Crippen molar-refractivity contribution >= 4 is 11.9 Å². The molecule has 0 heterocycles. The van der Waals surface area contributed by atoms with Gasteiger partial charge < -0.3 is 19.1 Å². The molecule has 1 aliphatic rings. The summed E-state index contributed by atoms with van der Waals surface area (Å²) in [5, 5.41) is 0. The molecular formula is C30H31F2NO5. The van der Waals surface area contributed by atoms with E-state index < -0.39 is 17.6 Å². The monoisotopic (exact) mass is 523 g/mol. The zero-order valence-corrected chi connectivity index (χ0v) is 21.5. The topological polar surface area (TPSA) is 65.1 Å². The van der Waals surface area contributed by atoms with Crippen LogP contribution in [-0.2, 0) is 27.5 Å². The van der Waals surface area contributed by atoms with E-state index in [4.69, 9.17) is 14.2 Å². The van der Waals surface area contributed by atoms with Crippen LogP contribution >= 0.6 is 0 Å². The van der Waals surface area contributed by atoms with Crippen LogP contribution in [-0.4, -0.2) is 37.0 Å². The van der Waals surface area contributed by atoms with Crippen molar-refractivity contribution in [1.82, 2.24) is 4.90 Å². The summed E-state index contributed by atoms with van der Waals surface area (Å²) in [6.45, 7) is 2.53. The maximum atomic E-state index is 13.8. The van der Waals surface area contributed by atoms with Crippen molar-refractivity contribution in [2.24, 2.45) is 5.92 Å². The molecule has 0 aromatic heterocycles. The standard InChI is InChI=1S/C30H31F2NO5/c1-3-37-30(35)18-33(29(34)14-20-7-8-20)17-21-5-4-6-22(13-21)19-38-24-11-9-23(10-12-24)25-15-26(31)27(32)16-28(25)36-2/h4-6,9-13,15-16,20H,3,7-8,14,17-19H2,1-2H3. The predicted octanol–water partition coefficient (Wildman–Crippen LogP) is 5.91.